The molecule has 6 nitrogen and oxygen atoms in total. The summed E-state index contributed by atoms with van der Waals surface area (Å²) in [4.78, 5) is 39.6. The van der Waals surface area contributed by atoms with E-state index in [2.05, 4.69) is 0 Å². The van der Waals surface area contributed by atoms with Gasteiger partial charge in [0, 0.05) is 0 Å². The van der Waals surface area contributed by atoms with Gasteiger partial charge in [0.05, 0.1) is 16.8 Å². The fourth-order valence-electron chi connectivity index (χ4n) is 4.60. The van der Waals surface area contributed by atoms with Crippen LogP contribution in [0.5, 0.6) is 0 Å². The maximum absolute atomic E-state index is 13.6. The van der Waals surface area contributed by atoms with E-state index in [-0.39, 0.29) is 5.92 Å². The largest absolute Gasteiger partial charge is 0.369 e. The van der Waals surface area contributed by atoms with Gasteiger partial charge < -0.3 is 5.73 Å². The van der Waals surface area contributed by atoms with Crippen molar-refractivity contribution < 1.29 is 14.4 Å². The lowest BCUT2D eigenvalue weighted by atomic mass is 9.72. The number of rotatable bonds is 4. The summed E-state index contributed by atoms with van der Waals surface area (Å²) < 4.78 is 0. The van der Waals surface area contributed by atoms with E-state index < -0.39 is 29.1 Å². The molecule has 0 radical (unpaired) electrons. The molecule has 6 heteroatoms. The summed E-state index contributed by atoms with van der Waals surface area (Å²) in [5.74, 6) is -2.22. The molecular formula is C22H23N3O3. The standard InChI is InChI=1S/C22H23N3O3/c1-15-12-13-22(14-15,21(23)28)18-19(26)24(16-8-4-2-5-9-16)25(20(18)27)17-10-6-3-7-11-17/h2-11,15,18H,12-14H2,1H3,(H2,23,28). The minimum Gasteiger partial charge on any atom is -0.369 e. The van der Waals surface area contributed by atoms with Gasteiger partial charge in [-0.15, -0.1) is 0 Å². The molecule has 2 atom stereocenters. The first-order chi connectivity index (χ1) is 13.5. The second kappa shape index (κ2) is 6.78. The highest BCUT2D eigenvalue weighted by atomic mass is 16.2. The predicted octanol–water partition coefficient (Wildman–Crippen LogP) is 2.89. The van der Waals surface area contributed by atoms with Crippen molar-refractivity contribution in [2.75, 3.05) is 10.0 Å². The van der Waals surface area contributed by atoms with Gasteiger partial charge in [-0.2, -0.15) is 0 Å². The third-order valence-corrected chi connectivity index (χ3v) is 5.95. The van der Waals surface area contributed by atoms with Crippen LogP contribution in [0.3, 0.4) is 0 Å². The number of anilines is 2. The second-order valence-electron chi connectivity index (χ2n) is 7.77. The van der Waals surface area contributed by atoms with Gasteiger partial charge in [0.2, 0.25) is 5.91 Å². The number of hydrogen-bond donors (Lipinski definition) is 1. The molecule has 1 aliphatic heterocycles. The Morgan fingerprint density at radius 1 is 0.929 bits per heavy atom. The number of amides is 3. The van der Waals surface area contributed by atoms with Crippen LogP contribution in [0.15, 0.2) is 60.7 Å². The Morgan fingerprint density at radius 2 is 1.39 bits per heavy atom. The monoisotopic (exact) mass is 377 g/mol. The number of hydrazine groups is 1. The maximum Gasteiger partial charge on any atom is 0.259 e. The summed E-state index contributed by atoms with van der Waals surface area (Å²) >= 11 is 0. The molecule has 2 unspecified atom stereocenters. The van der Waals surface area contributed by atoms with E-state index in [4.69, 9.17) is 5.73 Å². The Morgan fingerprint density at radius 3 is 1.75 bits per heavy atom. The number of para-hydroxylation sites is 2. The minimum atomic E-state index is -1.13. The molecule has 144 valence electrons. The van der Waals surface area contributed by atoms with Crippen LogP contribution in [-0.2, 0) is 14.4 Å². The summed E-state index contributed by atoms with van der Waals surface area (Å²) in [6, 6.07) is 18.0. The number of benzene rings is 2. The zero-order valence-corrected chi connectivity index (χ0v) is 15.7. The summed E-state index contributed by atoms with van der Waals surface area (Å²) in [5, 5.41) is 2.77. The number of nitrogens with two attached hydrogens (primary N) is 1. The lowest BCUT2D eigenvalue weighted by Gasteiger charge is -2.28. The van der Waals surface area contributed by atoms with Crippen molar-refractivity contribution in [3.8, 4) is 0 Å². The van der Waals surface area contributed by atoms with E-state index in [0.29, 0.717) is 24.2 Å². The smallest absolute Gasteiger partial charge is 0.259 e. The van der Waals surface area contributed by atoms with Crippen LogP contribution >= 0.6 is 0 Å². The van der Waals surface area contributed by atoms with Crippen molar-refractivity contribution in [2.24, 2.45) is 23.0 Å². The molecule has 0 bridgehead atoms. The summed E-state index contributed by atoms with van der Waals surface area (Å²) in [5.41, 5.74) is 5.82. The summed E-state index contributed by atoms with van der Waals surface area (Å²) in [6.45, 7) is 2.03. The molecule has 0 aromatic heterocycles. The number of nitrogens with zero attached hydrogens (tertiary/aromatic N) is 2. The van der Waals surface area contributed by atoms with Crippen LogP contribution in [0.25, 0.3) is 0 Å². The lowest BCUT2D eigenvalue weighted by Crippen LogP contribution is -2.47. The third-order valence-electron chi connectivity index (χ3n) is 5.95. The summed E-state index contributed by atoms with van der Waals surface area (Å²) in [6.07, 6.45) is 1.68. The Hall–Kier alpha value is -3.15. The van der Waals surface area contributed by atoms with Crippen molar-refractivity contribution in [3.05, 3.63) is 60.7 Å². The molecule has 4 rings (SSSR count). The fraction of sp³-hybridized carbons (Fsp3) is 0.318. The fourth-order valence-corrected chi connectivity index (χ4v) is 4.60. The number of carbonyl (C=O) groups is 3. The topological polar surface area (TPSA) is 83.7 Å². The molecule has 1 saturated heterocycles. The number of carbonyl (C=O) groups excluding carboxylic acids is 3. The van der Waals surface area contributed by atoms with Crippen molar-refractivity contribution in [2.45, 2.75) is 26.2 Å². The Kier molecular flexibility index (Phi) is 4.41. The normalized spacial score (nSPS) is 25.5. The molecule has 28 heavy (non-hydrogen) atoms. The van der Waals surface area contributed by atoms with E-state index in [0.717, 1.165) is 6.42 Å². The maximum atomic E-state index is 13.6. The quantitative estimate of drug-likeness (QED) is 0.832. The van der Waals surface area contributed by atoms with Crippen LogP contribution in [0.1, 0.15) is 26.2 Å². The second-order valence-corrected chi connectivity index (χ2v) is 7.77. The van der Waals surface area contributed by atoms with E-state index >= 15 is 0 Å². The molecule has 3 amide bonds. The van der Waals surface area contributed by atoms with Crippen LogP contribution in [0, 0.1) is 17.3 Å². The lowest BCUT2D eigenvalue weighted by molar-refractivity contribution is -0.143. The molecule has 1 saturated carbocycles. The van der Waals surface area contributed by atoms with E-state index in [1.54, 1.807) is 24.3 Å². The number of hydrogen-bond acceptors (Lipinski definition) is 3. The van der Waals surface area contributed by atoms with Gasteiger partial charge in [-0.25, -0.2) is 10.0 Å². The zero-order valence-electron chi connectivity index (χ0n) is 15.7. The Balaban J connectivity index is 1.85. The third kappa shape index (κ3) is 2.68. The SMILES string of the molecule is CC1CCC(C(N)=O)(C2C(=O)N(c3ccccc3)N(c3ccccc3)C2=O)C1. The van der Waals surface area contributed by atoms with Gasteiger partial charge >= 0.3 is 0 Å². The van der Waals surface area contributed by atoms with Crippen molar-refractivity contribution in [3.63, 3.8) is 0 Å². The first-order valence-electron chi connectivity index (χ1n) is 9.53. The van der Waals surface area contributed by atoms with Gasteiger partial charge in [0.1, 0.15) is 5.92 Å². The molecule has 0 spiro atoms. The molecule has 2 fully saturated rings. The van der Waals surface area contributed by atoms with Crippen molar-refractivity contribution in [1.29, 1.82) is 0 Å². The Bertz CT molecular complexity index is 858. The predicted molar refractivity (Wildman–Crippen MR) is 106 cm³/mol. The van der Waals surface area contributed by atoms with Crippen LogP contribution in [0.2, 0.25) is 0 Å². The molecule has 2 aliphatic rings. The Labute approximate surface area is 163 Å². The number of primary amides is 1. The van der Waals surface area contributed by atoms with Gasteiger partial charge in [0.15, 0.2) is 0 Å². The molecule has 1 heterocycles. The molecule has 2 aromatic rings. The van der Waals surface area contributed by atoms with E-state index in [9.17, 15) is 14.4 Å². The van der Waals surface area contributed by atoms with Crippen molar-refractivity contribution in [1.82, 2.24) is 0 Å². The van der Waals surface area contributed by atoms with Gasteiger partial charge in [-0.1, -0.05) is 43.3 Å². The average Bonchev–Trinajstić information content (AvgIpc) is 3.21. The highest BCUT2D eigenvalue weighted by Crippen LogP contribution is 2.51. The summed E-state index contributed by atoms with van der Waals surface area (Å²) in [7, 11) is 0. The van der Waals surface area contributed by atoms with Gasteiger partial charge in [-0.3, -0.25) is 14.4 Å². The minimum absolute atomic E-state index is 0.240. The van der Waals surface area contributed by atoms with E-state index in [1.165, 1.54) is 10.0 Å². The first-order valence-corrected chi connectivity index (χ1v) is 9.53. The average molecular weight is 377 g/mol. The zero-order chi connectivity index (χ0) is 19.9. The molecule has 2 aromatic carbocycles. The van der Waals surface area contributed by atoms with Crippen molar-refractivity contribution >= 4 is 29.1 Å². The highest BCUT2D eigenvalue weighted by molar-refractivity contribution is 6.25. The van der Waals surface area contributed by atoms with Crippen LogP contribution in [0.4, 0.5) is 11.4 Å². The van der Waals surface area contributed by atoms with Gasteiger partial charge in [-0.05, 0) is 49.4 Å². The van der Waals surface area contributed by atoms with Gasteiger partial charge in [0.25, 0.3) is 11.8 Å². The van der Waals surface area contributed by atoms with Crippen LogP contribution < -0.4 is 15.8 Å². The molecule has 2 N–H and O–H groups in total. The highest BCUT2D eigenvalue weighted by Gasteiger charge is 2.61. The first kappa shape index (κ1) is 18.2. The molecular weight excluding hydrogens is 354 g/mol. The van der Waals surface area contributed by atoms with E-state index in [1.807, 2.05) is 43.3 Å². The molecule has 1 aliphatic carbocycles. The van der Waals surface area contributed by atoms with Crippen LogP contribution in [-0.4, -0.2) is 17.7 Å².